The van der Waals surface area contributed by atoms with Gasteiger partial charge in [-0.25, -0.2) is 9.80 Å². The van der Waals surface area contributed by atoms with E-state index in [4.69, 9.17) is 4.74 Å². The summed E-state index contributed by atoms with van der Waals surface area (Å²) in [5, 5.41) is 6.33. The molecule has 0 aromatic heterocycles. The van der Waals surface area contributed by atoms with E-state index in [1.165, 1.54) is 10.0 Å². The van der Waals surface area contributed by atoms with Crippen LogP contribution in [0, 0.1) is 5.41 Å². The molecule has 2 aliphatic rings. The third-order valence-electron chi connectivity index (χ3n) is 4.95. The predicted octanol–water partition coefficient (Wildman–Crippen LogP) is 2.20. The molecule has 136 valence electrons. The summed E-state index contributed by atoms with van der Waals surface area (Å²) in [6, 6.07) is 9.79. The Morgan fingerprint density at radius 3 is 2.64 bits per heavy atom. The van der Waals surface area contributed by atoms with Gasteiger partial charge in [0.15, 0.2) is 0 Å². The molecular formula is C19H27N3O3. The first-order valence-electron chi connectivity index (χ1n) is 8.79. The number of hydrogen-bond donors (Lipinski definition) is 1. The number of hydrogen-bond acceptors (Lipinski definition) is 4. The fourth-order valence-electron chi connectivity index (χ4n) is 3.92. The van der Waals surface area contributed by atoms with Crippen LogP contribution in [0.25, 0.3) is 0 Å². The molecule has 2 amide bonds. The molecule has 0 radical (unpaired) electrons. The van der Waals surface area contributed by atoms with E-state index in [-0.39, 0.29) is 11.9 Å². The molecule has 2 fully saturated rings. The molecule has 2 heterocycles. The van der Waals surface area contributed by atoms with Crippen molar-refractivity contribution < 1.29 is 14.3 Å². The van der Waals surface area contributed by atoms with Crippen molar-refractivity contribution in [3.05, 3.63) is 35.9 Å². The second-order valence-corrected chi connectivity index (χ2v) is 7.95. The van der Waals surface area contributed by atoms with E-state index in [2.05, 4.69) is 5.32 Å². The number of carbonyl (C=O) groups is 2. The number of amides is 2. The lowest BCUT2D eigenvalue weighted by Gasteiger charge is -2.39. The minimum absolute atomic E-state index is 0.0283. The molecule has 2 atom stereocenters. The molecule has 2 saturated heterocycles. The highest BCUT2D eigenvalue weighted by atomic mass is 16.6. The van der Waals surface area contributed by atoms with E-state index in [9.17, 15) is 9.59 Å². The molecule has 0 saturated carbocycles. The van der Waals surface area contributed by atoms with Crippen molar-refractivity contribution >= 4 is 12.0 Å². The van der Waals surface area contributed by atoms with Crippen molar-refractivity contribution in [3.63, 3.8) is 0 Å². The zero-order chi connectivity index (χ0) is 18.2. The monoisotopic (exact) mass is 345 g/mol. The first-order chi connectivity index (χ1) is 11.7. The maximum Gasteiger partial charge on any atom is 0.429 e. The first-order valence-corrected chi connectivity index (χ1v) is 8.79. The minimum atomic E-state index is -0.648. The fraction of sp³-hybridized carbons (Fsp3) is 0.579. The van der Waals surface area contributed by atoms with Crippen LogP contribution >= 0.6 is 0 Å². The Hall–Kier alpha value is -2.08. The first kappa shape index (κ1) is 17.7. The normalized spacial score (nSPS) is 26.6. The maximum atomic E-state index is 13.2. The van der Waals surface area contributed by atoms with Gasteiger partial charge in [-0.05, 0) is 45.7 Å². The van der Waals surface area contributed by atoms with Gasteiger partial charge in [0.25, 0.3) is 5.91 Å². The van der Waals surface area contributed by atoms with Gasteiger partial charge in [0.1, 0.15) is 5.60 Å². The summed E-state index contributed by atoms with van der Waals surface area (Å²) in [4.78, 5) is 25.9. The van der Waals surface area contributed by atoms with E-state index >= 15 is 0 Å². The zero-order valence-corrected chi connectivity index (χ0v) is 15.4. The Bertz CT molecular complexity index is 656. The highest BCUT2D eigenvalue weighted by Crippen LogP contribution is 2.42. The molecular weight excluding hydrogens is 318 g/mol. The molecule has 2 aliphatic heterocycles. The zero-order valence-electron chi connectivity index (χ0n) is 15.4. The van der Waals surface area contributed by atoms with Gasteiger partial charge >= 0.3 is 6.09 Å². The molecule has 1 unspecified atom stereocenters. The van der Waals surface area contributed by atoms with Crippen molar-refractivity contribution in [2.24, 2.45) is 5.41 Å². The van der Waals surface area contributed by atoms with Gasteiger partial charge in [0.05, 0.1) is 11.5 Å². The van der Waals surface area contributed by atoms with E-state index in [0.717, 1.165) is 18.5 Å². The molecule has 0 bridgehead atoms. The highest BCUT2D eigenvalue weighted by molar-refractivity contribution is 5.89. The van der Waals surface area contributed by atoms with Gasteiger partial charge in [-0.1, -0.05) is 30.3 Å². The average molecular weight is 345 g/mol. The molecule has 0 spiro atoms. The molecule has 0 aliphatic carbocycles. The van der Waals surface area contributed by atoms with Crippen molar-refractivity contribution in [2.75, 3.05) is 20.1 Å². The number of nitrogens with one attached hydrogen (secondary N) is 1. The van der Waals surface area contributed by atoms with E-state index in [1.807, 2.05) is 51.1 Å². The molecule has 6 nitrogen and oxygen atoms in total. The number of nitrogens with zero attached hydrogens (tertiary/aromatic N) is 2. The Kier molecular flexibility index (Phi) is 4.49. The van der Waals surface area contributed by atoms with Gasteiger partial charge in [-0.15, -0.1) is 0 Å². The molecule has 1 N–H and O–H groups in total. The summed E-state index contributed by atoms with van der Waals surface area (Å²) in [5.74, 6) is -0.0283. The number of ether oxygens (including phenoxy) is 1. The van der Waals surface area contributed by atoms with Crippen LogP contribution in [-0.2, 0) is 16.0 Å². The van der Waals surface area contributed by atoms with Crippen LogP contribution in [0.4, 0.5) is 4.79 Å². The average Bonchev–Trinajstić information content (AvgIpc) is 2.76. The molecule has 25 heavy (non-hydrogen) atoms. The topological polar surface area (TPSA) is 61.9 Å². The van der Waals surface area contributed by atoms with E-state index in [0.29, 0.717) is 13.0 Å². The third-order valence-corrected chi connectivity index (χ3v) is 4.95. The summed E-state index contributed by atoms with van der Waals surface area (Å²) in [7, 11) is 1.66. The number of rotatable bonds is 2. The van der Waals surface area contributed by atoms with Crippen LogP contribution < -0.4 is 5.32 Å². The maximum absolute atomic E-state index is 13.2. The van der Waals surface area contributed by atoms with Crippen LogP contribution in [0.5, 0.6) is 0 Å². The standard InChI is InChI=1S/C19H27N3O3/c1-18(2,3)25-17(24)22-15-10-11-20-13-19(15,16(23)21(22)4)12-14-8-6-5-7-9-14/h5-9,15,20H,10-13H2,1-4H3/t15?,19-/m1/s1. The Balaban J connectivity index is 1.93. The number of benzene rings is 1. The van der Waals surface area contributed by atoms with Crippen LogP contribution in [-0.4, -0.2) is 53.8 Å². The van der Waals surface area contributed by atoms with E-state index < -0.39 is 17.1 Å². The van der Waals surface area contributed by atoms with E-state index in [1.54, 1.807) is 7.05 Å². The smallest absolute Gasteiger partial charge is 0.429 e. The van der Waals surface area contributed by atoms with Crippen LogP contribution in [0.3, 0.4) is 0 Å². The lowest BCUT2D eigenvalue weighted by molar-refractivity contribution is -0.140. The molecule has 3 rings (SSSR count). The summed E-state index contributed by atoms with van der Waals surface area (Å²) in [6.07, 6.45) is 0.876. The Labute approximate surface area is 149 Å². The van der Waals surface area contributed by atoms with Gasteiger partial charge in [0.2, 0.25) is 0 Å². The lowest BCUT2D eigenvalue weighted by Crippen LogP contribution is -2.56. The summed E-state index contributed by atoms with van der Waals surface area (Å²) in [5.41, 5.74) is -0.145. The Morgan fingerprint density at radius 1 is 1.32 bits per heavy atom. The van der Waals surface area contributed by atoms with Gasteiger partial charge in [-0.3, -0.25) is 9.80 Å². The minimum Gasteiger partial charge on any atom is -0.442 e. The van der Waals surface area contributed by atoms with Gasteiger partial charge in [0, 0.05) is 13.6 Å². The fourth-order valence-corrected chi connectivity index (χ4v) is 3.92. The van der Waals surface area contributed by atoms with Crippen molar-refractivity contribution in [1.82, 2.24) is 15.3 Å². The third kappa shape index (κ3) is 3.23. The number of fused-ring (bicyclic) bond motifs is 1. The summed E-state index contributed by atoms with van der Waals surface area (Å²) >= 11 is 0. The van der Waals surface area contributed by atoms with Crippen molar-refractivity contribution in [1.29, 1.82) is 0 Å². The highest BCUT2D eigenvalue weighted by Gasteiger charge is 2.60. The largest absolute Gasteiger partial charge is 0.442 e. The van der Waals surface area contributed by atoms with Crippen molar-refractivity contribution in [3.8, 4) is 0 Å². The summed E-state index contributed by atoms with van der Waals surface area (Å²) < 4.78 is 5.56. The van der Waals surface area contributed by atoms with Gasteiger partial charge in [-0.2, -0.15) is 0 Å². The SMILES string of the molecule is CN1C(=O)[C@]2(Cc3ccccc3)CNCCC2N1C(=O)OC(C)(C)C. The quantitative estimate of drug-likeness (QED) is 0.893. The van der Waals surface area contributed by atoms with Crippen LogP contribution in [0.1, 0.15) is 32.8 Å². The van der Waals surface area contributed by atoms with Crippen LogP contribution in [0.15, 0.2) is 30.3 Å². The predicted molar refractivity (Wildman–Crippen MR) is 94.7 cm³/mol. The van der Waals surface area contributed by atoms with Crippen molar-refractivity contribution in [2.45, 2.75) is 45.3 Å². The van der Waals surface area contributed by atoms with Gasteiger partial charge < -0.3 is 10.1 Å². The second-order valence-electron chi connectivity index (χ2n) is 7.95. The number of carbonyl (C=O) groups excluding carboxylic acids is 2. The molecule has 6 heteroatoms. The number of piperidine rings is 1. The molecule has 1 aromatic carbocycles. The Morgan fingerprint density at radius 2 is 2.00 bits per heavy atom. The lowest BCUT2D eigenvalue weighted by atomic mass is 9.72. The number of hydrazine groups is 1. The summed E-state index contributed by atoms with van der Waals surface area (Å²) in [6.45, 7) is 6.85. The molecule has 1 aromatic rings. The van der Waals surface area contributed by atoms with Crippen LogP contribution in [0.2, 0.25) is 0 Å². The second kappa shape index (κ2) is 6.33.